The van der Waals surface area contributed by atoms with Crippen molar-refractivity contribution >= 4 is 0 Å². The lowest BCUT2D eigenvalue weighted by atomic mass is 9.52. The van der Waals surface area contributed by atoms with E-state index in [1.807, 2.05) is 0 Å². The van der Waals surface area contributed by atoms with Crippen LogP contribution in [0.3, 0.4) is 0 Å². The molecule has 0 spiro atoms. The highest BCUT2D eigenvalue weighted by Gasteiger charge is 2.63. The molecule has 192 valence electrons. The Morgan fingerprint density at radius 2 is 1.82 bits per heavy atom. The molecule has 2 aliphatic carbocycles. The summed E-state index contributed by atoms with van der Waals surface area (Å²) >= 11 is 0. The summed E-state index contributed by atoms with van der Waals surface area (Å²) in [6, 6.07) is 0. The summed E-state index contributed by atoms with van der Waals surface area (Å²) in [5.74, 6) is 4.06. The zero-order chi connectivity index (χ0) is 23.9. The molecule has 8 atom stereocenters. The zero-order valence-electron chi connectivity index (χ0n) is 22.0. The molecule has 5 heteroatoms. The van der Waals surface area contributed by atoms with Crippen LogP contribution in [0.1, 0.15) is 105 Å². The first-order valence-corrected chi connectivity index (χ1v) is 14.1. The van der Waals surface area contributed by atoms with Crippen LogP contribution >= 0.6 is 0 Å². The second kappa shape index (κ2) is 10.0. The molecule has 0 aromatic heterocycles. The Balaban J connectivity index is 1.53. The maximum Gasteiger partial charge on any atom is 0.0735 e. The molecule has 2 saturated carbocycles. The van der Waals surface area contributed by atoms with Crippen LogP contribution in [-0.4, -0.2) is 41.2 Å². The second-order valence-electron chi connectivity index (χ2n) is 13.5. The fourth-order valence-electron chi connectivity index (χ4n) is 8.67. The molecule has 6 N–H and O–H groups in total. The van der Waals surface area contributed by atoms with Gasteiger partial charge >= 0.3 is 0 Å². The molecule has 5 rings (SSSR count). The Morgan fingerprint density at radius 1 is 1.06 bits per heavy atom. The molecule has 33 heavy (non-hydrogen) atoms. The van der Waals surface area contributed by atoms with Crippen LogP contribution in [0.4, 0.5) is 0 Å². The van der Waals surface area contributed by atoms with Crippen LogP contribution < -0.4 is 16.8 Å². The lowest BCUT2D eigenvalue weighted by Crippen LogP contribution is -2.72. The van der Waals surface area contributed by atoms with E-state index in [0.717, 1.165) is 55.9 Å². The first kappa shape index (κ1) is 25.9. The van der Waals surface area contributed by atoms with E-state index in [1.165, 1.54) is 44.9 Å². The Kier molecular flexibility index (Phi) is 7.88. The molecule has 5 aliphatic rings. The van der Waals surface area contributed by atoms with Gasteiger partial charge in [-0.2, -0.15) is 0 Å². The van der Waals surface area contributed by atoms with E-state index < -0.39 is 0 Å². The summed E-state index contributed by atoms with van der Waals surface area (Å²) in [5, 5.41) is 13.4. The molecule has 0 radical (unpaired) electrons. The number of rotatable bonds is 8. The van der Waals surface area contributed by atoms with Crippen molar-refractivity contribution in [1.29, 1.82) is 0 Å². The molecule has 3 saturated heterocycles. The highest BCUT2D eigenvalue weighted by atomic mass is 16.5. The second-order valence-corrected chi connectivity index (χ2v) is 13.5. The van der Waals surface area contributed by atoms with E-state index in [2.05, 4.69) is 33.0 Å². The van der Waals surface area contributed by atoms with Crippen LogP contribution in [0.25, 0.3) is 0 Å². The van der Waals surface area contributed by atoms with E-state index in [4.69, 9.17) is 16.2 Å². The van der Waals surface area contributed by atoms with E-state index in [-0.39, 0.29) is 29.5 Å². The number of piperidine rings is 1. The Labute approximate surface area is 203 Å². The van der Waals surface area contributed by atoms with Gasteiger partial charge in [0.1, 0.15) is 0 Å². The van der Waals surface area contributed by atoms with Crippen LogP contribution in [0.5, 0.6) is 0 Å². The molecule has 3 heterocycles. The fraction of sp³-hybridized carbons (Fsp3) is 1.00. The van der Waals surface area contributed by atoms with Gasteiger partial charge in [-0.1, -0.05) is 26.7 Å². The maximum absolute atomic E-state index is 9.85. The Hall–Kier alpha value is -0.200. The topological polar surface area (TPSA) is 93.5 Å². The number of hydrogen-bond donors (Lipinski definition) is 4. The van der Waals surface area contributed by atoms with Gasteiger partial charge in [-0.3, -0.25) is 0 Å². The van der Waals surface area contributed by atoms with Crippen molar-refractivity contribution < 1.29 is 9.84 Å². The SMILES string of the molecule is CC(C)CC[C@@H]1C[C@@H](CC2CCC(N)NC2)C[C@@H]([C@@]23CC[C@@H](C(C)(C)O2)[C@@](N)(CCO)C3)C1. The molecule has 0 aromatic rings. The number of nitrogens with one attached hydrogen (secondary N) is 1. The average Bonchev–Trinajstić information content (AvgIpc) is 2.73. The van der Waals surface area contributed by atoms with Gasteiger partial charge in [0, 0.05) is 18.1 Å². The minimum atomic E-state index is -0.293. The fourth-order valence-corrected chi connectivity index (χ4v) is 8.67. The van der Waals surface area contributed by atoms with E-state index in [9.17, 15) is 5.11 Å². The minimum absolute atomic E-state index is 0.107. The normalized spacial score (nSPS) is 45.5. The summed E-state index contributed by atoms with van der Waals surface area (Å²) < 4.78 is 7.08. The van der Waals surface area contributed by atoms with E-state index >= 15 is 0 Å². The smallest absolute Gasteiger partial charge is 0.0735 e. The monoisotopic (exact) mass is 463 g/mol. The molecule has 0 aromatic carbocycles. The summed E-state index contributed by atoms with van der Waals surface area (Å²) in [7, 11) is 0. The van der Waals surface area contributed by atoms with Crippen LogP contribution in [0, 0.1) is 35.5 Å². The van der Waals surface area contributed by atoms with Crippen molar-refractivity contribution in [3.8, 4) is 0 Å². The molecule has 2 bridgehead atoms. The zero-order valence-corrected chi connectivity index (χ0v) is 22.0. The van der Waals surface area contributed by atoms with Crippen molar-refractivity contribution in [3.63, 3.8) is 0 Å². The quantitative estimate of drug-likeness (QED) is 0.423. The molecule has 5 fully saturated rings. The third-order valence-corrected chi connectivity index (χ3v) is 10.1. The van der Waals surface area contributed by atoms with Crippen molar-refractivity contribution in [1.82, 2.24) is 5.32 Å². The van der Waals surface area contributed by atoms with Crippen molar-refractivity contribution in [2.75, 3.05) is 13.2 Å². The molecule has 2 unspecified atom stereocenters. The number of hydrogen-bond acceptors (Lipinski definition) is 5. The number of aliphatic hydroxyl groups excluding tert-OH is 1. The van der Waals surface area contributed by atoms with E-state index in [1.54, 1.807) is 0 Å². The Bertz CT molecular complexity index is 647. The van der Waals surface area contributed by atoms with Gasteiger partial charge in [0.2, 0.25) is 0 Å². The lowest BCUT2D eigenvalue weighted by molar-refractivity contribution is -0.289. The van der Waals surface area contributed by atoms with Crippen LogP contribution in [-0.2, 0) is 4.74 Å². The van der Waals surface area contributed by atoms with Gasteiger partial charge in [0.15, 0.2) is 0 Å². The van der Waals surface area contributed by atoms with Gasteiger partial charge < -0.3 is 26.6 Å². The summed E-state index contributed by atoms with van der Waals surface area (Å²) in [5.41, 5.74) is 12.6. The van der Waals surface area contributed by atoms with Gasteiger partial charge in [-0.05, 0) is 114 Å². The largest absolute Gasteiger partial charge is 0.396 e. The highest BCUT2D eigenvalue weighted by Crippen LogP contribution is 2.60. The van der Waals surface area contributed by atoms with Crippen LogP contribution in [0.2, 0.25) is 0 Å². The van der Waals surface area contributed by atoms with Gasteiger partial charge in [0.05, 0.1) is 17.4 Å². The number of ether oxygens (including phenoxy) is 1. The summed E-state index contributed by atoms with van der Waals surface area (Å²) in [4.78, 5) is 0. The minimum Gasteiger partial charge on any atom is -0.396 e. The van der Waals surface area contributed by atoms with E-state index in [0.29, 0.717) is 18.3 Å². The third-order valence-electron chi connectivity index (χ3n) is 10.1. The summed E-state index contributed by atoms with van der Waals surface area (Å²) in [6.07, 6.45) is 14.5. The number of aliphatic hydroxyl groups is 1. The predicted molar refractivity (Wildman–Crippen MR) is 136 cm³/mol. The third kappa shape index (κ3) is 5.63. The lowest BCUT2D eigenvalue weighted by Gasteiger charge is -2.65. The first-order chi connectivity index (χ1) is 15.6. The first-order valence-electron chi connectivity index (χ1n) is 14.1. The van der Waals surface area contributed by atoms with Gasteiger partial charge in [-0.15, -0.1) is 0 Å². The molecular weight excluding hydrogens is 410 g/mol. The molecule has 0 amide bonds. The number of fused-ring (bicyclic) bond motifs is 3. The van der Waals surface area contributed by atoms with Crippen molar-refractivity contribution in [3.05, 3.63) is 0 Å². The molecular formula is C28H53N3O2. The highest BCUT2D eigenvalue weighted by molar-refractivity contribution is 5.15. The van der Waals surface area contributed by atoms with Crippen molar-refractivity contribution in [2.45, 2.75) is 128 Å². The Morgan fingerprint density at radius 3 is 2.45 bits per heavy atom. The standard InChI is InChI=1S/C28H53N3O2/c1-19(2)5-6-20-13-22(14-21-7-8-25(29)31-17-21)16-23(15-20)28-10-9-24(26(3,4)33-28)27(30,18-28)11-12-32/h19-25,31-32H,5-18,29-30H2,1-4H3/t20-,21?,22+,23+,24+,25?,27-,28+/m1/s1. The average molecular weight is 464 g/mol. The molecule has 3 aliphatic heterocycles. The predicted octanol–water partition coefficient (Wildman–Crippen LogP) is 4.56. The van der Waals surface area contributed by atoms with Crippen LogP contribution in [0.15, 0.2) is 0 Å². The maximum atomic E-state index is 9.85. The van der Waals surface area contributed by atoms with Gasteiger partial charge in [-0.25, -0.2) is 0 Å². The molecule has 5 nitrogen and oxygen atoms in total. The van der Waals surface area contributed by atoms with Crippen molar-refractivity contribution in [2.24, 2.45) is 47.0 Å². The van der Waals surface area contributed by atoms with Gasteiger partial charge in [0.25, 0.3) is 0 Å². The summed E-state index contributed by atoms with van der Waals surface area (Å²) in [6.45, 7) is 10.5. The number of nitrogens with two attached hydrogens (primary N) is 2.